The van der Waals surface area contributed by atoms with E-state index in [1.807, 2.05) is 0 Å². The van der Waals surface area contributed by atoms with Crippen LogP contribution in [0.3, 0.4) is 0 Å². The molecule has 0 fully saturated rings. The average molecular weight is 348 g/mol. The lowest BCUT2D eigenvalue weighted by Crippen LogP contribution is -2.23. The molecule has 0 bridgehead atoms. The van der Waals surface area contributed by atoms with Crippen molar-refractivity contribution < 1.29 is 9.90 Å². The van der Waals surface area contributed by atoms with Crippen LogP contribution in [0.4, 0.5) is 0 Å². The second-order valence-corrected chi connectivity index (χ2v) is 6.15. The maximum absolute atomic E-state index is 10.3. The fraction of sp³-hybridized carbons (Fsp3) is 0.591. The van der Waals surface area contributed by atoms with Crippen molar-refractivity contribution in [3.8, 4) is 0 Å². The number of hydrogen-bond donors (Lipinski definition) is 2. The van der Waals surface area contributed by atoms with E-state index < -0.39 is 5.97 Å². The summed E-state index contributed by atoms with van der Waals surface area (Å²) in [5.74, 6) is -0.791. The Morgan fingerprint density at radius 3 is 1.72 bits per heavy atom. The van der Waals surface area contributed by atoms with E-state index in [-0.39, 0.29) is 6.54 Å². The molecular weight excluding hydrogens is 310 g/mol. The summed E-state index contributed by atoms with van der Waals surface area (Å²) in [6.45, 7) is 3.08. The molecule has 0 aromatic carbocycles. The van der Waals surface area contributed by atoms with E-state index in [0.29, 0.717) is 0 Å². The van der Waals surface area contributed by atoms with E-state index in [9.17, 15) is 4.79 Å². The summed E-state index contributed by atoms with van der Waals surface area (Å²) in [7, 11) is 0. The molecule has 0 atom stereocenters. The van der Waals surface area contributed by atoms with Crippen LogP contribution < -0.4 is 5.32 Å². The van der Waals surface area contributed by atoms with Crippen LogP contribution in [-0.4, -0.2) is 24.2 Å². The Morgan fingerprint density at radius 1 is 0.760 bits per heavy atom. The van der Waals surface area contributed by atoms with Gasteiger partial charge in [-0.2, -0.15) is 0 Å². The molecule has 0 spiro atoms. The van der Waals surface area contributed by atoms with Crippen molar-refractivity contribution in [3.05, 3.63) is 48.6 Å². The first kappa shape index (κ1) is 23.4. The second-order valence-electron chi connectivity index (χ2n) is 6.15. The number of allylic oxidation sites excluding steroid dienone is 8. The maximum atomic E-state index is 10.3. The molecule has 0 amide bonds. The van der Waals surface area contributed by atoms with Gasteiger partial charge in [-0.05, 0) is 57.9 Å². The minimum atomic E-state index is -0.791. The summed E-state index contributed by atoms with van der Waals surface area (Å²) in [6, 6.07) is 0. The zero-order valence-corrected chi connectivity index (χ0v) is 16.0. The Morgan fingerprint density at radius 2 is 1.24 bits per heavy atom. The lowest BCUT2D eigenvalue weighted by atomic mass is 10.2. The zero-order chi connectivity index (χ0) is 18.4. The van der Waals surface area contributed by atoms with Crippen LogP contribution in [0.5, 0.6) is 0 Å². The number of carbonyl (C=O) groups is 1. The predicted molar refractivity (Wildman–Crippen MR) is 109 cm³/mol. The molecule has 0 heterocycles. The standard InChI is InChI=1S/C22H37NO2/c1-2-3-4-5-6-7-8-9-10-11-12-13-14-15-16-17-18-19-20-23-21-22(24)25/h6-7,9-10,12-13,15-16,23H,2-5,8,11,14,17-21H2,1H3,(H,24,25)/b7-6+,10-9+,13-12+,16-15+. The van der Waals surface area contributed by atoms with Gasteiger partial charge in [-0.3, -0.25) is 4.79 Å². The molecule has 0 aromatic rings. The summed E-state index contributed by atoms with van der Waals surface area (Å²) in [5.41, 5.74) is 0. The van der Waals surface area contributed by atoms with Crippen molar-refractivity contribution in [3.63, 3.8) is 0 Å². The third-order valence-electron chi connectivity index (χ3n) is 3.71. The third kappa shape index (κ3) is 22.4. The van der Waals surface area contributed by atoms with E-state index in [4.69, 9.17) is 5.11 Å². The van der Waals surface area contributed by atoms with Crippen molar-refractivity contribution >= 4 is 5.97 Å². The zero-order valence-electron chi connectivity index (χ0n) is 16.0. The largest absolute Gasteiger partial charge is 0.480 e. The first-order valence-corrected chi connectivity index (χ1v) is 9.79. The number of aliphatic carboxylic acids is 1. The molecule has 0 rings (SSSR count). The van der Waals surface area contributed by atoms with Crippen LogP contribution in [-0.2, 0) is 4.79 Å². The topological polar surface area (TPSA) is 49.3 Å². The molecule has 142 valence electrons. The highest BCUT2D eigenvalue weighted by atomic mass is 16.4. The van der Waals surface area contributed by atoms with E-state index in [1.165, 1.54) is 25.7 Å². The van der Waals surface area contributed by atoms with E-state index in [2.05, 4.69) is 60.8 Å². The molecule has 25 heavy (non-hydrogen) atoms. The van der Waals surface area contributed by atoms with Gasteiger partial charge in [0.15, 0.2) is 0 Å². The quantitative estimate of drug-likeness (QED) is 0.258. The number of unbranched alkanes of at least 4 members (excludes halogenated alkanes) is 5. The van der Waals surface area contributed by atoms with Crippen LogP contribution in [0.1, 0.15) is 71.1 Å². The molecule has 0 aliphatic rings. The minimum Gasteiger partial charge on any atom is -0.480 e. The Balaban J connectivity index is 3.36. The predicted octanol–water partition coefficient (Wildman–Crippen LogP) is 5.81. The van der Waals surface area contributed by atoms with Crippen molar-refractivity contribution in [2.45, 2.75) is 71.1 Å². The van der Waals surface area contributed by atoms with Gasteiger partial charge in [-0.15, -0.1) is 0 Å². The Labute approximate surface area is 154 Å². The number of rotatable bonds is 17. The molecule has 3 heteroatoms. The van der Waals surface area contributed by atoms with E-state index in [0.717, 1.165) is 45.1 Å². The Kier molecular flexibility index (Phi) is 19.1. The van der Waals surface area contributed by atoms with Gasteiger partial charge in [-0.1, -0.05) is 68.4 Å². The molecule has 0 aliphatic carbocycles. The monoisotopic (exact) mass is 347 g/mol. The first-order valence-electron chi connectivity index (χ1n) is 9.79. The van der Waals surface area contributed by atoms with Gasteiger partial charge >= 0.3 is 5.97 Å². The van der Waals surface area contributed by atoms with Gasteiger partial charge in [0.05, 0.1) is 6.54 Å². The molecule has 0 aromatic heterocycles. The normalized spacial score (nSPS) is 12.4. The Bertz CT molecular complexity index is 408. The fourth-order valence-corrected chi connectivity index (χ4v) is 2.27. The minimum absolute atomic E-state index is 0.0598. The van der Waals surface area contributed by atoms with Crippen molar-refractivity contribution in [1.29, 1.82) is 0 Å². The summed E-state index contributed by atoms with van der Waals surface area (Å²) < 4.78 is 0. The van der Waals surface area contributed by atoms with E-state index >= 15 is 0 Å². The highest BCUT2D eigenvalue weighted by molar-refractivity contribution is 5.68. The Hall–Kier alpha value is -1.61. The highest BCUT2D eigenvalue weighted by Crippen LogP contribution is 2.01. The van der Waals surface area contributed by atoms with E-state index in [1.54, 1.807) is 0 Å². The lowest BCUT2D eigenvalue weighted by molar-refractivity contribution is -0.135. The molecule has 0 aliphatic heterocycles. The molecule has 0 saturated heterocycles. The summed E-state index contributed by atoms with van der Waals surface area (Å²) in [5, 5.41) is 11.4. The lowest BCUT2D eigenvalue weighted by Gasteiger charge is -1.99. The number of carboxylic acids is 1. The van der Waals surface area contributed by atoms with Crippen molar-refractivity contribution in [2.24, 2.45) is 0 Å². The molecule has 3 nitrogen and oxygen atoms in total. The number of carboxylic acid groups (broad SMARTS) is 1. The molecule has 0 unspecified atom stereocenters. The van der Waals surface area contributed by atoms with Gasteiger partial charge < -0.3 is 10.4 Å². The van der Waals surface area contributed by atoms with Gasteiger partial charge in [0.1, 0.15) is 0 Å². The van der Waals surface area contributed by atoms with Gasteiger partial charge in [0, 0.05) is 0 Å². The van der Waals surface area contributed by atoms with Gasteiger partial charge in [-0.25, -0.2) is 0 Å². The first-order chi connectivity index (χ1) is 12.3. The van der Waals surface area contributed by atoms with Gasteiger partial charge in [0.25, 0.3) is 0 Å². The average Bonchev–Trinajstić information content (AvgIpc) is 2.60. The fourth-order valence-electron chi connectivity index (χ4n) is 2.27. The molecule has 0 saturated carbocycles. The van der Waals surface area contributed by atoms with Crippen molar-refractivity contribution in [1.82, 2.24) is 5.32 Å². The van der Waals surface area contributed by atoms with Crippen LogP contribution in [0.15, 0.2) is 48.6 Å². The summed E-state index contributed by atoms with van der Waals surface area (Å²) in [4.78, 5) is 10.3. The SMILES string of the molecule is CCCCC/C=C/C/C=C/C/C=C/C/C=C/CCCCNCC(=O)O. The summed E-state index contributed by atoms with van der Waals surface area (Å²) >= 11 is 0. The smallest absolute Gasteiger partial charge is 0.317 e. The van der Waals surface area contributed by atoms with Crippen LogP contribution in [0.25, 0.3) is 0 Å². The van der Waals surface area contributed by atoms with Crippen LogP contribution in [0.2, 0.25) is 0 Å². The second kappa shape index (κ2) is 20.4. The van der Waals surface area contributed by atoms with Crippen LogP contribution >= 0.6 is 0 Å². The molecule has 2 N–H and O–H groups in total. The summed E-state index contributed by atoms with van der Waals surface area (Å²) in [6.07, 6.45) is 29.2. The third-order valence-corrected chi connectivity index (χ3v) is 3.71. The highest BCUT2D eigenvalue weighted by Gasteiger charge is 1.93. The van der Waals surface area contributed by atoms with Gasteiger partial charge in [0.2, 0.25) is 0 Å². The van der Waals surface area contributed by atoms with Crippen LogP contribution in [0, 0.1) is 0 Å². The molecular formula is C22H37NO2. The molecule has 0 radical (unpaired) electrons. The van der Waals surface area contributed by atoms with Crippen molar-refractivity contribution in [2.75, 3.05) is 13.1 Å². The number of nitrogens with one attached hydrogen (secondary N) is 1. The maximum Gasteiger partial charge on any atom is 0.317 e. The number of hydrogen-bond acceptors (Lipinski definition) is 2.